The summed E-state index contributed by atoms with van der Waals surface area (Å²) in [5, 5.41) is 6.86. The standard InChI is InChI=1S/C24H28N4O4/c1-17-6-4-7-20(16-17)24(30)28(2)14-12-21-26-23(32-27-21)19-10-8-18(9-11-19)22(29)25-13-5-15-31-3/h4,6-11,16H,5,12-15H2,1-3H3,(H,25,29). The molecule has 0 aliphatic carbocycles. The second-order valence-corrected chi connectivity index (χ2v) is 7.54. The third-order valence-corrected chi connectivity index (χ3v) is 4.96. The Hall–Kier alpha value is -3.52. The van der Waals surface area contributed by atoms with Crippen LogP contribution in [0.3, 0.4) is 0 Å². The summed E-state index contributed by atoms with van der Waals surface area (Å²) in [6.45, 7) is 3.59. The van der Waals surface area contributed by atoms with Crippen molar-refractivity contribution >= 4 is 11.8 Å². The second-order valence-electron chi connectivity index (χ2n) is 7.54. The number of rotatable bonds is 10. The van der Waals surface area contributed by atoms with Crippen molar-refractivity contribution in [2.24, 2.45) is 0 Å². The smallest absolute Gasteiger partial charge is 0.257 e. The van der Waals surface area contributed by atoms with E-state index >= 15 is 0 Å². The molecule has 0 aliphatic heterocycles. The van der Waals surface area contributed by atoms with Crippen LogP contribution in [-0.4, -0.2) is 60.7 Å². The van der Waals surface area contributed by atoms with Gasteiger partial charge in [-0.3, -0.25) is 9.59 Å². The topological polar surface area (TPSA) is 97.6 Å². The number of benzene rings is 2. The third kappa shape index (κ3) is 6.24. The van der Waals surface area contributed by atoms with Gasteiger partial charge in [0.2, 0.25) is 0 Å². The van der Waals surface area contributed by atoms with Crippen LogP contribution in [0.1, 0.15) is 38.5 Å². The SMILES string of the molecule is COCCCNC(=O)c1ccc(-c2nc(CCN(C)C(=O)c3cccc(C)c3)no2)cc1. The summed E-state index contributed by atoms with van der Waals surface area (Å²) >= 11 is 0. The maximum absolute atomic E-state index is 12.6. The van der Waals surface area contributed by atoms with Crippen molar-refractivity contribution < 1.29 is 18.8 Å². The number of hydrogen-bond acceptors (Lipinski definition) is 6. The number of methoxy groups -OCH3 is 1. The zero-order valence-corrected chi connectivity index (χ0v) is 18.6. The van der Waals surface area contributed by atoms with Crippen LogP contribution in [0.5, 0.6) is 0 Å². The minimum Gasteiger partial charge on any atom is -0.385 e. The van der Waals surface area contributed by atoms with E-state index in [1.165, 1.54) is 0 Å². The average molecular weight is 437 g/mol. The lowest BCUT2D eigenvalue weighted by molar-refractivity contribution is 0.0795. The minimum atomic E-state index is -0.139. The maximum Gasteiger partial charge on any atom is 0.257 e. The van der Waals surface area contributed by atoms with Crippen molar-refractivity contribution in [2.45, 2.75) is 19.8 Å². The number of ether oxygens (including phenoxy) is 1. The quantitative estimate of drug-likeness (QED) is 0.491. The van der Waals surface area contributed by atoms with Crippen LogP contribution in [0.25, 0.3) is 11.5 Å². The van der Waals surface area contributed by atoms with E-state index in [4.69, 9.17) is 9.26 Å². The molecule has 8 nitrogen and oxygen atoms in total. The number of aromatic nitrogens is 2. The minimum absolute atomic E-state index is 0.0477. The normalized spacial score (nSPS) is 10.7. The van der Waals surface area contributed by atoms with Crippen LogP contribution < -0.4 is 5.32 Å². The molecule has 0 spiro atoms. The lowest BCUT2D eigenvalue weighted by Gasteiger charge is -2.16. The molecule has 0 atom stereocenters. The zero-order chi connectivity index (χ0) is 22.9. The van der Waals surface area contributed by atoms with E-state index in [0.717, 1.165) is 17.5 Å². The van der Waals surface area contributed by atoms with Gasteiger partial charge in [0, 0.05) is 57.0 Å². The zero-order valence-electron chi connectivity index (χ0n) is 18.6. The second kappa shape index (κ2) is 11.2. The summed E-state index contributed by atoms with van der Waals surface area (Å²) in [5.74, 6) is 0.706. The molecule has 2 aromatic carbocycles. The average Bonchev–Trinajstić information content (AvgIpc) is 3.29. The van der Waals surface area contributed by atoms with E-state index in [1.54, 1.807) is 43.3 Å². The lowest BCUT2D eigenvalue weighted by Crippen LogP contribution is -2.29. The van der Waals surface area contributed by atoms with E-state index in [9.17, 15) is 9.59 Å². The number of aryl methyl sites for hydroxylation is 1. The predicted octanol–water partition coefficient (Wildman–Crippen LogP) is 3.13. The van der Waals surface area contributed by atoms with Crippen molar-refractivity contribution in [1.29, 1.82) is 0 Å². The van der Waals surface area contributed by atoms with E-state index in [2.05, 4.69) is 15.5 Å². The van der Waals surface area contributed by atoms with Gasteiger partial charge in [-0.25, -0.2) is 0 Å². The first-order valence-corrected chi connectivity index (χ1v) is 10.5. The Kier molecular flexibility index (Phi) is 8.10. The first kappa shape index (κ1) is 23.1. The van der Waals surface area contributed by atoms with Gasteiger partial charge in [-0.2, -0.15) is 4.98 Å². The van der Waals surface area contributed by atoms with E-state index in [1.807, 2.05) is 31.2 Å². The molecule has 3 aromatic rings. The Morgan fingerprint density at radius 3 is 2.62 bits per heavy atom. The summed E-state index contributed by atoms with van der Waals surface area (Å²) in [4.78, 5) is 30.8. The van der Waals surface area contributed by atoms with Gasteiger partial charge in [0.1, 0.15) is 0 Å². The number of nitrogens with one attached hydrogen (secondary N) is 1. The predicted molar refractivity (Wildman–Crippen MR) is 120 cm³/mol. The Morgan fingerprint density at radius 1 is 1.12 bits per heavy atom. The van der Waals surface area contributed by atoms with Gasteiger partial charge in [0.05, 0.1) is 0 Å². The summed E-state index contributed by atoms with van der Waals surface area (Å²) in [6.07, 6.45) is 1.23. The van der Waals surface area contributed by atoms with Crippen molar-refractivity contribution in [1.82, 2.24) is 20.4 Å². The molecule has 0 saturated heterocycles. The molecular weight excluding hydrogens is 408 g/mol. The largest absolute Gasteiger partial charge is 0.385 e. The number of amides is 2. The molecule has 0 unspecified atom stereocenters. The monoisotopic (exact) mass is 436 g/mol. The van der Waals surface area contributed by atoms with Gasteiger partial charge in [0.15, 0.2) is 5.82 Å². The molecule has 0 fully saturated rings. The van der Waals surface area contributed by atoms with Crippen LogP contribution in [0.15, 0.2) is 53.1 Å². The Labute approximate surface area is 187 Å². The maximum atomic E-state index is 12.6. The fourth-order valence-electron chi connectivity index (χ4n) is 3.13. The molecule has 0 radical (unpaired) electrons. The summed E-state index contributed by atoms with van der Waals surface area (Å²) < 4.78 is 10.3. The molecule has 8 heteroatoms. The van der Waals surface area contributed by atoms with Crippen LogP contribution in [-0.2, 0) is 11.2 Å². The molecule has 0 bridgehead atoms. The van der Waals surface area contributed by atoms with Gasteiger partial charge in [-0.1, -0.05) is 22.9 Å². The van der Waals surface area contributed by atoms with Crippen molar-refractivity contribution in [3.63, 3.8) is 0 Å². The molecule has 1 heterocycles. The van der Waals surface area contributed by atoms with Crippen molar-refractivity contribution in [2.75, 3.05) is 33.9 Å². The number of carbonyl (C=O) groups excluding carboxylic acids is 2. The molecule has 2 amide bonds. The van der Waals surface area contributed by atoms with E-state index < -0.39 is 0 Å². The molecule has 32 heavy (non-hydrogen) atoms. The molecule has 1 N–H and O–H groups in total. The van der Waals surface area contributed by atoms with Crippen LogP contribution in [0.4, 0.5) is 0 Å². The fourth-order valence-corrected chi connectivity index (χ4v) is 3.13. The summed E-state index contributed by atoms with van der Waals surface area (Å²) in [7, 11) is 3.39. The van der Waals surface area contributed by atoms with Gasteiger partial charge in [-0.15, -0.1) is 0 Å². The summed E-state index contributed by atoms with van der Waals surface area (Å²) in [6, 6.07) is 14.5. The third-order valence-electron chi connectivity index (χ3n) is 4.96. The first-order chi connectivity index (χ1) is 15.5. The number of nitrogens with zero attached hydrogens (tertiary/aromatic N) is 3. The molecule has 0 saturated carbocycles. The highest BCUT2D eigenvalue weighted by Gasteiger charge is 2.15. The highest BCUT2D eigenvalue weighted by Crippen LogP contribution is 2.18. The van der Waals surface area contributed by atoms with Crippen molar-refractivity contribution in [3.8, 4) is 11.5 Å². The Bertz CT molecular complexity index is 1050. The van der Waals surface area contributed by atoms with Gasteiger partial charge in [0.25, 0.3) is 17.7 Å². The number of hydrogen-bond donors (Lipinski definition) is 1. The van der Waals surface area contributed by atoms with Gasteiger partial charge < -0.3 is 19.5 Å². The van der Waals surface area contributed by atoms with Gasteiger partial charge in [-0.05, 0) is 49.7 Å². The van der Waals surface area contributed by atoms with Crippen LogP contribution in [0.2, 0.25) is 0 Å². The molecule has 168 valence electrons. The molecular formula is C24H28N4O4. The fraction of sp³-hybridized carbons (Fsp3) is 0.333. The molecule has 3 rings (SSSR count). The highest BCUT2D eigenvalue weighted by molar-refractivity contribution is 5.94. The highest BCUT2D eigenvalue weighted by atomic mass is 16.5. The van der Waals surface area contributed by atoms with Crippen molar-refractivity contribution in [3.05, 3.63) is 71.0 Å². The number of carbonyl (C=O) groups is 2. The Morgan fingerprint density at radius 2 is 1.91 bits per heavy atom. The van der Waals surface area contributed by atoms with E-state index in [0.29, 0.717) is 49.0 Å². The number of likely N-dealkylation sites (N-methyl/N-ethyl adjacent to an activating group) is 1. The van der Waals surface area contributed by atoms with Crippen LogP contribution in [0, 0.1) is 6.92 Å². The molecule has 1 aromatic heterocycles. The van der Waals surface area contributed by atoms with Crippen LogP contribution >= 0.6 is 0 Å². The van der Waals surface area contributed by atoms with Gasteiger partial charge >= 0.3 is 0 Å². The Balaban J connectivity index is 1.54. The van der Waals surface area contributed by atoms with E-state index in [-0.39, 0.29) is 11.8 Å². The first-order valence-electron chi connectivity index (χ1n) is 10.5. The molecule has 0 aliphatic rings. The summed E-state index contributed by atoms with van der Waals surface area (Å²) in [5.41, 5.74) is 2.98. The lowest BCUT2D eigenvalue weighted by atomic mass is 10.1.